The minimum Gasteiger partial charge on any atom is -0.392 e. The first-order chi connectivity index (χ1) is 5.33. The Balaban J connectivity index is 2.23. The molecule has 1 aromatic heterocycles. The zero-order valence-electron chi connectivity index (χ0n) is 6.15. The van der Waals surface area contributed by atoms with Gasteiger partial charge in [-0.2, -0.15) is 5.10 Å². The average Bonchev–Trinajstić information content (AvgIpc) is 2.52. The SMILES string of the molecule is OC(CBr)CCn1cccn1. The van der Waals surface area contributed by atoms with E-state index in [4.69, 9.17) is 5.11 Å². The molecule has 0 aliphatic heterocycles. The van der Waals surface area contributed by atoms with E-state index in [1.807, 2.05) is 16.9 Å². The molecule has 0 fully saturated rings. The van der Waals surface area contributed by atoms with Gasteiger partial charge in [-0.3, -0.25) is 4.68 Å². The number of halogens is 1. The highest BCUT2D eigenvalue weighted by Gasteiger charge is 2.00. The smallest absolute Gasteiger partial charge is 0.0654 e. The number of aryl methyl sites for hydroxylation is 1. The Kier molecular flexibility index (Phi) is 3.59. The summed E-state index contributed by atoms with van der Waals surface area (Å²) in [6, 6.07) is 1.88. The van der Waals surface area contributed by atoms with E-state index in [1.165, 1.54) is 0 Å². The van der Waals surface area contributed by atoms with Gasteiger partial charge in [-0.05, 0) is 12.5 Å². The quantitative estimate of drug-likeness (QED) is 0.768. The summed E-state index contributed by atoms with van der Waals surface area (Å²) in [6.45, 7) is 0.778. The van der Waals surface area contributed by atoms with Crippen LogP contribution < -0.4 is 0 Å². The van der Waals surface area contributed by atoms with E-state index < -0.39 is 0 Å². The van der Waals surface area contributed by atoms with Gasteiger partial charge >= 0.3 is 0 Å². The van der Waals surface area contributed by atoms with Gasteiger partial charge in [0.05, 0.1) is 6.10 Å². The van der Waals surface area contributed by atoms with Crippen LogP contribution in [0, 0.1) is 0 Å². The molecular formula is C7H11BrN2O. The molecule has 0 bridgehead atoms. The summed E-state index contributed by atoms with van der Waals surface area (Å²) < 4.78 is 1.81. The van der Waals surface area contributed by atoms with E-state index in [-0.39, 0.29) is 6.10 Å². The maximum absolute atomic E-state index is 9.17. The maximum atomic E-state index is 9.17. The Morgan fingerprint density at radius 3 is 3.00 bits per heavy atom. The van der Waals surface area contributed by atoms with Crippen LogP contribution in [-0.2, 0) is 6.54 Å². The minimum atomic E-state index is -0.265. The van der Waals surface area contributed by atoms with Crippen LogP contribution >= 0.6 is 15.9 Å². The standard InChI is InChI=1S/C7H11BrN2O/c8-6-7(11)2-5-10-4-1-3-9-10/h1,3-4,7,11H,2,5-6H2. The van der Waals surface area contributed by atoms with Crippen molar-refractivity contribution < 1.29 is 5.11 Å². The number of nitrogens with zero attached hydrogens (tertiary/aromatic N) is 2. The summed E-state index contributed by atoms with van der Waals surface area (Å²) in [4.78, 5) is 0. The van der Waals surface area contributed by atoms with E-state index in [0.717, 1.165) is 13.0 Å². The third-order valence-corrected chi connectivity index (χ3v) is 2.18. The first kappa shape index (κ1) is 8.74. The molecule has 1 N–H and O–H groups in total. The molecule has 3 nitrogen and oxygen atoms in total. The van der Waals surface area contributed by atoms with Gasteiger partial charge in [0.2, 0.25) is 0 Å². The zero-order chi connectivity index (χ0) is 8.10. The summed E-state index contributed by atoms with van der Waals surface area (Å²) in [5.74, 6) is 0. The molecule has 0 aliphatic rings. The predicted octanol–water partition coefficient (Wildman–Crippen LogP) is 1.03. The minimum absolute atomic E-state index is 0.265. The molecule has 0 saturated heterocycles. The Morgan fingerprint density at radius 1 is 1.64 bits per heavy atom. The van der Waals surface area contributed by atoms with Crippen LogP contribution in [0.2, 0.25) is 0 Å². The first-order valence-electron chi connectivity index (χ1n) is 3.54. The fraction of sp³-hybridized carbons (Fsp3) is 0.571. The largest absolute Gasteiger partial charge is 0.392 e. The number of aliphatic hydroxyl groups is 1. The Hall–Kier alpha value is -0.350. The average molecular weight is 219 g/mol. The molecule has 11 heavy (non-hydrogen) atoms. The van der Waals surface area contributed by atoms with Crippen molar-refractivity contribution in [2.75, 3.05) is 5.33 Å². The normalized spacial score (nSPS) is 13.3. The molecule has 1 atom stereocenters. The van der Waals surface area contributed by atoms with E-state index in [0.29, 0.717) is 5.33 Å². The van der Waals surface area contributed by atoms with Gasteiger partial charge in [0, 0.05) is 24.3 Å². The highest BCUT2D eigenvalue weighted by molar-refractivity contribution is 9.09. The lowest BCUT2D eigenvalue weighted by atomic mass is 10.3. The molecule has 1 aromatic rings. The lowest BCUT2D eigenvalue weighted by Gasteiger charge is -2.05. The van der Waals surface area contributed by atoms with Crippen LogP contribution in [0.15, 0.2) is 18.5 Å². The molecule has 0 radical (unpaired) electrons. The van der Waals surface area contributed by atoms with Crippen LogP contribution in [0.5, 0.6) is 0 Å². The van der Waals surface area contributed by atoms with E-state index in [9.17, 15) is 0 Å². The second kappa shape index (κ2) is 4.51. The highest BCUT2D eigenvalue weighted by atomic mass is 79.9. The van der Waals surface area contributed by atoms with Crippen molar-refractivity contribution in [2.24, 2.45) is 0 Å². The summed E-state index contributed by atoms with van der Waals surface area (Å²) in [6.07, 6.45) is 4.10. The highest BCUT2D eigenvalue weighted by Crippen LogP contribution is 1.98. The zero-order valence-corrected chi connectivity index (χ0v) is 7.74. The molecule has 0 saturated carbocycles. The Bertz CT molecular complexity index is 188. The van der Waals surface area contributed by atoms with Crippen LogP contribution in [0.1, 0.15) is 6.42 Å². The summed E-state index contributed by atoms with van der Waals surface area (Å²) in [5.41, 5.74) is 0. The molecule has 1 rings (SSSR count). The Morgan fingerprint density at radius 2 is 2.45 bits per heavy atom. The van der Waals surface area contributed by atoms with Crippen LogP contribution in [-0.4, -0.2) is 26.3 Å². The molecule has 4 heteroatoms. The van der Waals surface area contributed by atoms with Crippen molar-refractivity contribution in [2.45, 2.75) is 19.1 Å². The lowest BCUT2D eigenvalue weighted by Crippen LogP contribution is -2.12. The maximum Gasteiger partial charge on any atom is 0.0654 e. The lowest BCUT2D eigenvalue weighted by molar-refractivity contribution is 0.182. The molecule has 62 valence electrons. The first-order valence-corrected chi connectivity index (χ1v) is 4.66. The number of rotatable bonds is 4. The second-order valence-electron chi connectivity index (χ2n) is 2.37. The van der Waals surface area contributed by atoms with Crippen LogP contribution in [0.4, 0.5) is 0 Å². The molecule has 0 spiro atoms. The topological polar surface area (TPSA) is 38.0 Å². The third kappa shape index (κ3) is 3.03. The van der Waals surface area contributed by atoms with Gasteiger partial charge in [0.25, 0.3) is 0 Å². The van der Waals surface area contributed by atoms with E-state index >= 15 is 0 Å². The fourth-order valence-electron chi connectivity index (χ4n) is 0.791. The molecule has 0 aromatic carbocycles. The predicted molar refractivity (Wildman–Crippen MR) is 46.6 cm³/mol. The monoisotopic (exact) mass is 218 g/mol. The van der Waals surface area contributed by atoms with Gasteiger partial charge in [0.15, 0.2) is 0 Å². The number of aromatic nitrogens is 2. The summed E-state index contributed by atoms with van der Waals surface area (Å²) in [7, 11) is 0. The van der Waals surface area contributed by atoms with Crippen molar-refractivity contribution in [3.05, 3.63) is 18.5 Å². The number of hydrogen-bond donors (Lipinski definition) is 1. The Labute approximate surface area is 74.2 Å². The van der Waals surface area contributed by atoms with Crippen LogP contribution in [0.3, 0.4) is 0 Å². The molecular weight excluding hydrogens is 208 g/mol. The van der Waals surface area contributed by atoms with E-state index in [1.54, 1.807) is 6.20 Å². The van der Waals surface area contributed by atoms with Crippen molar-refractivity contribution in [1.82, 2.24) is 9.78 Å². The van der Waals surface area contributed by atoms with Gasteiger partial charge in [-0.15, -0.1) is 0 Å². The second-order valence-corrected chi connectivity index (χ2v) is 3.01. The van der Waals surface area contributed by atoms with Gasteiger partial charge in [0.1, 0.15) is 0 Å². The van der Waals surface area contributed by atoms with Crippen molar-refractivity contribution in [3.8, 4) is 0 Å². The van der Waals surface area contributed by atoms with Gasteiger partial charge in [-0.25, -0.2) is 0 Å². The number of hydrogen-bond acceptors (Lipinski definition) is 2. The number of alkyl halides is 1. The van der Waals surface area contributed by atoms with Crippen molar-refractivity contribution in [3.63, 3.8) is 0 Å². The summed E-state index contributed by atoms with van der Waals surface area (Å²) >= 11 is 3.20. The molecule has 1 heterocycles. The van der Waals surface area contributed by atoms with Gasteiger partial charge in [-0.1, -0.05) is 15.9 Å². The molecule has 1 unspecified atom stereocenters. The summed E-state index contributed by atoms with van der Waals surface area (Å²) in [5, 5.41) is 13.8. The van der Waals surface area contributed by atoms with E-state index in [2.05, 4.69) is 21.0 Å². The van der Waals surface area contributed by atoms with Crippen molar-refractivity contribution in [1.29, 1.82) is 0 Å². The molecule has 0 aliphatic carbocycles. The third-order valence-electron chi connectivity index (χ3n) is 1.43. The van der Waals surface area contributed by atoms with Crippen LogP contribution in [0.25, 0.3) is 0 Å². The number of aliphatic hydroxyl groups excluding tert-OH is 1. The van der Waals surface area contributed by atoms with Crippen molar-refractivity contribution >= 4 is 15.9 Å². The van der Waals surface area contributed by atoms with Gasteiger partial charge < -0.3 is 5.11 Å². The molecule has 0 amide bonds. The fourth-order valence-corrected chi connectivity index (χ4v) is 1.11.